The molecule has 0 aliphatic heterocycles. The van der Waals surface area contributed by atoms with Crippen LogP contribution in [-0.2, 0) is 27.2 Å². The molecule has 9 heteroatoms. The zero-order valence-corrected chi connectivity index (χ0v) is 19.2. The molecule has 33 heavy (non-hydrogen) atoms. The summed E-state index contributed by atoms with van der Waals surface area (Å²) in [5, 5.41) is 0. The first-order valence-electron chi connectivity index (χ1n) is 10.2. The van der Waals surface area contributed by atoms with E-state index < -0.39 is 10.2 Å². The summed E-state index contributed by atoms with van der Waals surface area (Å²) in [7, 11) is -0.875. The van der Waals surface area contributed by atoms with Crippen molar-refractivity contribution in [3.63, 3.8) is 0 Å². The number of halogens is 1. The number of hydrogen-bond acceptors (Lipinski definition) is 4. The predicted octanol–water partition coefficient (Wildman–Crippen LogP) is -2.81. The van der Waals surface area contributed by atoms with Gasteiger partial charge in [-0.3, -0.25) is 0 Å². The van der Waals surface area contributed by atoms with Gasteiger partial charge in [0.05, 0.1) is 0 Å². The van der Waals surface area contributed by atoms with Crippen LogP contribution in [0.5, 0.6) is 0 Å². The van der Waals surface area contributed by atoms with Crippen LogP contribution >= 0.6 is 0 Å². The smallest absolute Gasteiger partial charge is 0.206 e. The molecule has 0 unspecified atom stereocenters. The second-order valence-electron chi connectivity index (χ2n) is 7.53. The molecule has 0 atom stereocenters. The highest BCUT2D eigenvalue weighted by Gasteiger charge is 2.09. The number of hydrogen-bond donors (Lipinski definition) is 0. The minimum absolute atomic E-state index is 0.940. The molecule has 0 N–H and O–H groups in total. The van der Waals surface area contributed by atoms with Gasteiger partial charge >= 0.3 is 0 Å². The lowest BCUT2D eigenvalue weighted by Gasteiger charge is -2.17. The summed E-state index contributed by atoms with van der Waals surface area (Å²) in [6.07, 6.45) is 16.9. The molecular formula is C24H26ClN4O4+3. The number of aryl methyl sites for hydroxylation is 4. The second kappa shape index (κ2) is 11.0. The van der Waals surface area contributed by atoms with Crippen LogP contribution < -0.4 is 36.9 Å². The zero-order chi connectivity index (χ0) is 23.8. The van der Waals surface area contributed by atoms with Gasteiger partial charge in [0.15, 0.2) is 49.6 Å². The third-order valence-electron chi connectivity index (χ3n) is 5.02. The topological polar surface area (TPSA) is 108 Å². The molecule has 8 nitrogen and oxygen atoms in total. The standard InChI is InChI=1S/C24H26N4.ClHO4/c1-25-11-3-21(4-12-25)23-7-15-27(16-8-23)19-20-28-17-9-24(10-18-28)22-5-13-26(2)14-6-22;2-1(3,4)5/h3-18H,19-20H2,1-2H3;(H,2,3,4,5)/q+4;/p-1. The number of rotatable bonds is 5. The molecule has 4 rings (SSSR count). The highest BCUT2D eigenvalue weighted by molar-refractivity contribution is 5.61. The fourth-order valence-electron chi connectivity index (χ4n) is 3.22. The Hall–Kier alpha value is -3.27. The Morgan fingerprint density at radius 2 is 0.697 bits per heavy atom. The van der Waals surface area contributed by atoms with E-state index in [1.807, 2.05) is 23.2 Å². The van der Waals surface area contributed by atoms with Gasteiger partial charge in [0.1, 0.15) is 14.1 Å². The first kappa shape index (κ1) is 24.4. The summed E-state index contributed by atoms with van der Waals surface area (Å²) in [6.45, 7) is 1.88. The van der Waals surface area contributed by atoms with Crippen molar-refractivity contribution in [3.8, 4) is 22.3 Å². The van der Waals surface area contributed by atoms with Gasteiger partial charge in [-0.25, -0.2) is 27.8 Å². The molecule has 0 aliphatic carbocycles. The summed E-state index contributed by atoms with van der Waals surface area (Å²) in [5.74, 6) is 0. The summed E-state index contributed by atoms with van der Waals surface area (Å²) in [6, 6.07) is 17.3. The van der Waals surface area contributed by atoms with Crippen molar-refractivity contribution in [3.05, 3.63) is 98.1 Å². The molecule has 4 aromatic heterocycles. The SMILES string of the molecule is C[n+]1ccc(-c2cc[n+](CC[n+]3ccc(-c4cc[n+](C)cc4)cc3)cc2)cc1.[O-][Cl+3]([O-])([O-])[O-]. The maximum atomic E-state index is 8.49. The molecule has 0 amide bonds. The maximum absolute atomic E-state index is 8.49. The largest absolute Gasteiger partial charge is 0.222 e. The highest BCUT2D eigenvalue weighted by Crippen LogP contribution is 2.16. The molecule has 0 radical (unpaired) electrons. The summed E-state index contributed by atoms with van der Waals surface area (Å²) in [5.41, 5.74) is 4.96. The van der Waals surface area contributed by atoms with Crippen LogP contribution in [0.25, 0.3) is 22.3 Å². The van der Waals surface area contributed by atoms with Crippen LogP contribution in [0, 0.1) is 10.2 Å². The molecule has 0 aromatic carbocycles. The van der Waals surface area contributed by atoms with Crippen LogP contribution in [0.1, 0.15) is 0 Å². The normalized spacial score (nSPS) is 11.0. The Kier molecular flexibility index (Phi) is 8.16. The van der Waals surface area contributed by atoms with Crippen molar-refractivity contribution in [2.24, 2.45) is 14.1 Å². The Balaban J connectivity index is 0.000000555. The van der Waals surface area contributed by atoms with Crippen molar-refractivity contribution in [1.82, 2.24) is 0 Å². The molecule has 4 aromatic rings. The van der Waals surface area contributed by atoms with Crippen molar-refractivity contribution in [2.45, 2.75) is 13.1 Å². The predicted molar refractivity (Wildman–Crippen MR) is 106 cm³/mol. The van der Waals surface area contributed by atoms with Crippen molar-refractivity contribution >= 4 is 0 Å². The lowest BCUT2D eigenvalue weighted by molar-refractivity contribution is -2.00. The lowest BCUT2D eigenvalue weighted by atomic mass is 10.1. The van der Waals surface area contributed by atoms with E-state index >= 15 is 0 Å². The number of aromatic nitrogens is 4. The molecular weight excluding hydrogens is 444 g/mol. The van der Waals surface area contributed by atoms with Gasteiger partial charge in [-0.15, -0.1) is 10.2 Å². The Labute approximate surface area is 194 Å². The number of nitrogens with zero attached hydrogens (tertiary/aromatic N) is 4. The third-order valence-corrected chi connectivity index (χ3v) is 5.02. The van der Waals surface area contributed by atoms with E-state index in [4.69, 9.17) is 18.6 Å². The molecule has 0 saturated carbocycles. The van der Waals surface area contributed by atoms with E-state index in [2.05, 4.69) is 107 Å². The van der Waals surface area contributed by atoms with E-state index in [1.54, 1.807) is 0 Å². The van der Waals surface area contributed by atoms with Gasteiger partial charge in [-0.1, -0.05) is 0 Å². The van der Waals surface area contributed by atoms with Crippen LogP contribution in [0.15, 0.2) is 98.1 Å². The van der Waals surface area contributed by atoms with Crippen molar-refractivity contribution in [1.29, 1.82) is 0 Å². The van der Waals surface area contributed by atoms with Gasteiger partial charge in [0.2, 0.25) is 13.1 Å². The highest BCUT2D eigenvalue weighted by atomic mass is 35.7. The Bertz CT molecular complexity index is 1050. The molecule has 4 heterocycles. The fraction of sp³-hybridized carbons (Fsp3) is 0.167. The Morgan fingerprint density at radius 1 is 0.485 bits per heavy atom. The van der Waals surface area contributed by atoms with Crippen molar-refractivity contribution in [2.75, 3.05) is 0 Å². The van der Waals surface area contributed by atoms with Crippen molar-refractivity contribution < 1.29 is 47.1 Å². The molecule has 170 valence electrons. The average Bonchev–Trinajstić information content (AvgIpc) is 2.78. The zero-order valence-electron chi connectivity index (χ0n) is 18.5. The minimum Gasteiger partial charge on any atom is -0.222 e. The minimum atomic E-state index is -4.94. The van der Waals surface area contributed by atoms with Crippen LogP contribution in [-0.4, -0.2) is 0 Å². The molecule has 0 aliphatic rings. The van der Waals surface area contributed by atoms with Gasteiger partial charge in [-0.05, 0) is 22.3 Å². The van der Waals surface area contributed by atoms with Gasteiger partial charge in [-0.2, -0.15) is 9.13 Å². The van der Waals surface area contributed by atoms with Crippen LogP contribution in [0.3, 0.4) is 0 Å². The molecule has 0 spiro atoms. The second-order valence-corrected chi connectivity index (χ2v) is 8.29. The van der Waals surface area contributed by atoms with Gasteiger partial charge in [0.25, 0.3) is 0 Å². The first-order valence-corrected chi connectivity index (χ1v) is 11.4. The fourth-order valence-corrected chi connectivity index (χ4v) is 3.22. The lowest BCUT2D eigenvalue weighted by Crippen LogP contribution is -2.68. The Morgan fingerprint density at radius 3 is 0.939 bits per heavy atom. The van der Waals surface area contributed by atoms with E-state index in [0.29, 0.717) is 0 Å². The summed E-state index contributed by atoms with van der Waals surface area (Å²) in [4.78, 5) is 0. The summed E-state index contributed by atoms with van der Waals surface area (Å²) < 4.78 is 42.5. The van der Waals surface area contributed by atoms with E-state index in [1.165, 1.54) is 22.3 Å². The third kappa shape index (κ3) is 8.30. The maximum Gasteiger partial charge on any atom is 0.206 e. The number of pyridine rings is 4. The van der Waals surface area contributed by atoms with Crippen LogP contribution in [0.4, 0.5) is 0 Å². The van der Waals surface area contributed by atoms with E-state index in [-0.39, 0.29) is 0 Å². The van der Waals surface area contributed by atoms with E-state index in [0.717, 1.165) is 13.1 Å². The summed E-state index contributed by atoms with van der Waals surface area (Å²) >= 11 is 0. The quantitative estimate of drug-likeness (QED) is 0.294. The van der Waals surface area contributed by atoms with Crippen LogP contribution in [0.2, 0.25) is 0 Å². The molecule has 0 bridgehead atoms. The average molecular weight is 470 g/mol. The molecule has 0 saturated heterocycles. The monoisotopic (exact) mass is 469 g/mol. The van der Waals surface area contributed by atoms with E-state index in [9.17, 15) is 0 Å². The first-order chi connectivity index (χ1) is 15.7. The van der Waals surface area contributed by atoms with Gasteiger partial charge in [0, 0.05) is 48.5 Å². The molecule has 0 fully saturated rings. The van der Waals surface area contributed by atoms with Gasteiger partial charge < -0.3 is 0 Å².